The fourth-order valence-electron chi connectivity index (χ4n) is 2.64. The van der Waals surface area contributed by atoms with Crippen LogP contribution < -0.4 is 0 Å². The first-order chi connectivity index (χ1) is 13.5. The second-order valence-electron chi connectivity index (χ2n) is 6.05. The van der Waals surface area contributed by atoms with E-state index in [1.807, 2.05) is 31.2 Å². The summed E-state index contributed by atoms with van der Waals surface area (Å²) in [5.41, 5.74) is 4.08. The zero-order valence-electron chi connectivity index (χ0n) is 15.6. The molecular weight excluding hydrogens is 373 g/mol. The topological polar surface area (TPSA) is 58.6 Å². The summed E-state index contributed by atoms with van der Waals surface area (Å²) in [4.78, 5) is 12.7. The van der Waals surface area contributed by atoms with Crippen LogP contribution in [0.1, 0.15) is 12.7 Å². The molecule has 0 spiro atoms. The van der Waals surface area contributed by atoms with E-state index in [9.17, 15) is 8.60 Å². The molecule has 0 fully saturated rings. The van der Waals surface area contributed by atoms with Crippen LogP contribution in [-0.2, 0) is 10.8 Å². The van der Waals surface area contributed by atoms with Crippen LogP contribution in [0.3, 0.4) is 0 Å². The fraction of sp³-hybridized carbons (Fsp3) is 0.0909. The van der Waals surface area contributed by atoms with Crippen LogP contribution in [0.5, 0.6) is 0 Å². The highest BCUT2D eigenvalue weighted by Gasteiger charge is 2.15. The summed E-state index contributed by atoms with van der Waals surface area (Å²) in [7, 11) is -1.13. The first-order valence-electron chi connectivity index (χ1n) is 8.63. The summed E-state index contributed by atoms with van der Waals surface area (Å²) >= 11 is 0. The Labute approximate surface area is 166 Å². The molecule has 1 N–H and O–H groups in total. The third-order valence-corrected chi connectivity index (χ3v) is 5.07. The van der Waals surface area contributed by atoms with Crippen molar-refractivity contribution < 1.29 is 8.60 Å². The van der Waals surface area contributed by atoms with Crippen LogP contribution in [0.4, 0.5) is 4.39 Å². The van der Waals surface area contributed by atoms with Gasteiger partial charge in [-0.1, -0.05) is 18.7 Å². The van der Waals surface area contributed by atoms with Gasteiger partial charge in [0, 0.05) is 51.1 Å². The maximum atomic E-state index is 13.4. The molecule has 0 saturated heterocycles. The van der Waals surface area contributed by atoms with Gasteiger partial charge in [-0.05, 0) is 49.4 Å². The number of aromatic nitrogens is 3. The number of pyridine rings is 1. The van der Waals surface area contributed by atoms with E-state index in [1.165, 1.54) is 12.1 Å². The molecule has 3 aromatic rings. The Morgan fingerprint density at radius 3 is 2.39 bits per heavy atom. The van der Waals surface area contributed by atoms with Gasteiger partial charge >= 0.3 is 0 Å². The highest BCUT2D eigenvalue weighted by atomic mass is 32.2. The number of allylic oxidation sites excluding steroid dienone is 4. The molecule has 0 aliphatic heterocycles. The minimum Gasteiger partial charge on any atom is -0.337 e. The first-order valence-corrected chi connectivity index (χ1v) is 10.2. The molecule has 28 heavy (non-hydrogen) atoms. The zero-order chi connectivity index (χ0) is 20.1. The normalized spacial score (nSPS) is 13.0. The molecule has 3 rings (SSSR count). The van der Waals surface area contributed by atoms with Crippen molar-refractivity contribution in [1.29, 1.82) is 0 Å². The Bertz CT molecular complexity index is 1070. The maximum absolute atomic E-state index is 13.4. The van der Waals surface area contributed by atoms with Gasteiger partial charge in [0.25, 0.3) is 0 Å². The Kier molecular flexibility index (Phi) is 6.11. The van der Waals surface area contributed by atoms with Crippen molar-refractivity contribution in [2.24, 2.45) is 0 Å². The van der Waals surface area contributed by atoms with Crippen molar-refractivity contribution >= 4 is 16.4 Å². The van der Waals surface area contributed by atoms with Crippen LogP contribution in [0, 0.1) is 5.82 Å². The smallest absolute Gasteiger partial charge is 0.138 e. The van der Waals surface area contributed by atoms with Crippen molar-refractivity contribution in [3.8, 4) is 22.5 Å². The van der Waals surface area contributed by atoms with Gasteiger partial charge in [-0.15, -0.1) is 0 Å². The van der Waals surface area contributed by atoms with E-state index in [2.05, 4.69) is 16.5 Å². The average molecular weight is 393 g/mol. The molecule has 2 aromatic heterocycles. The van der Waals surface area contributed by atoms with Crippen LogP contribution >= 0.6 is 0 Å². The van der Waals surface area contributed by atoms with Crippen molar-refractivity contribution in [3.05, 3.63) is 90.1 Å². The van der Waals surface area contributed by atoms with Crippen molar-refractivity contribution in [2.45, 2.75) is 6.92 Å². The highest BCUT2D eigenvalue weighted by molar-refractivity contribution is 7.88. The number of nitrogens with zero attached hydrogens (tertiary/aromatic N) is 2. The van der Waals surface area contributed by atoms with E-state index < -0.39 is 10.8 Å². The standard InChI is InChI=1S/C22H20FN3OS/c1-4-16(6-5-15(2)28(3)27)22-25-20(17-7-9-19(23)10-8-17)21(26-22)18-11-13-24-14-12-18/h4-14H,2H2,1,3H3,(H,25,26)/b6-5-,16-4+. The van der Waals surface area contributed by atoms with Crippen LogP contribution in [0.2, 0.25) is 0 Å². The molecule has 0 aliphatic rings. The Morgan fingerprint density at radius 1 is 1.11 bits per heavy atom. The Hall–Kier alpha value is -3.12. The average Bonchev–Trinajstić information content (AvgIpc) is 3.14. The maximum Gasteiger partial charge on any atom is 0.138 e. The second kappa shape index (κ2) is 8.71. The molecule has 1 atom stereocenters. The van der Waals surface area contributed by atoms with E-state index in [1.54, 1.807) is 36.9 Å². The number of hydrogen-bond acceptors (Lipinski definition) is 3. The zero-order valence-corrected chi connectivity index (χ0v) is 16.5. The number of H-pyrrole nitrogens is 1. The predicted octanol–water partition coefficient (Wildman–Crippen LogP) is 5.13. The SMILES string of the molecule is C=C(/C=C\C(=C/C)c1nc(-c2ccc(F)cc2)c(-c2ccncc2)[nH]1)S(C)=O. The Morgan fingerprint density at radius 2 is 1.79 bits per heavy atom. The molecule has 0 bridgehead atoms. The van der Waals surface area contributed by atoms with Crippen molar-refractivity contribution in [2.75, 3.05) is 6.26 Å². The van der Waals surface area contributed by atoms with E-state index in [0.717, 1.165) is 22.4 Å². The molecule has 0 amide bonds. The molecule has 1 unspecified atom stereocenters. The molecule has 0 radical (unpaired) electrons. The summed E-state index contributed by atoms with van der Waals surface area (Å²) in [6, 6.07) is 10.0. The fourth-order valence-corrected chi connectivity index (χ4v) is 2.90. The summed E-state index contributed by atoms with van der Waals surface area (Å²) < 4.78 is 24.9. The van der Waals surface area contributed by atoms with Crippen LogP contribution in [0.15, 0.2) is 78.5 Å². The molecule has 4 nitrogen and oxygen atoms in total. The molecule has 0 saturated carbocycles. The number of halogens is 1. The number of hydrogen-bond donors (Lipinski definition) is 1. The van der Waals surface area contributed by atoms with E-state index in [4.69, 9.17) is 4.98 Å². The van der Waals surface area contributed by atoms with Gasteiger partial charge in [0.15, 0.2) is 0 Å². The monoisotopic (exact) mass is 393 g/mol. The quantitative estimate of drug-likeness (QED) is 0.591. The van der Waals surface area contributed by atoms with Crippen LogP contribution in [-0.4, -0.2) is 25.4 Å². The molecule has 6 heteroatoms. The third-order valence-electron chi connectivity index (χ3n) is 4.19. The summed E-state index contributed by atoms with van der Waals surface area (Å²) in [6.07, 6.45) is 10.5. The lowest BCUT2D eigenvalue weighted by atomic mass is 10.1. The largest absolute Gasteiger partial charge is 0.337 e. The molecule has 0 aliphatic carbocycles. The first kappa shape index (κ1) is 19.6. The lowest BCUT2D eigenvalue weighted by Crippen LogP contribution is -1.88. The second-order valence-corrected chi connectivity index (χ2v) is 7.48. The molecule has 142 valence electrons. The van der Waals surface area contributed by atoms with Gasteiger partial charge in [-0.2, -0.15) is 0 Å². The summed E-state index contributed by atoms with van der Waals surface area (Å²) in [5, 5.41) is 0. The lowest BCUT2D eigenvalue weighted by molar-refractivity contribution is 0.628. The van der Waals surface area contributed by atoms with Gasteiger partial charge < -0.3 is 4.98 Å². The van der Waals surface area contributed by atoms with Gasteiger partial charge in [-0.25, -0.2) is 9.37 Å². The van der Waals surface area contributed by atoms with Gasteiger partial charge in [0.2, 0.25) is 0 Å². The molecular formula is C22H20FN3OS. The van der Waals surface area contributed by atoms with E-state index in [0.29, 0.717) is 16.4 Å². The number of rotatable bonds is 6. The molecule has 1 aromatic carbocycles. The Balaban J connectivity index is 2.09. The number of aromatic amines is 1. The van der Waals surface area contributed by atoms with E-state index >= 15 is 0 Å². The number of benzene rings is 1. The predicted molar refractivity (Wildman–Crippen MR) is 113 cm³/mol. The summed E-state index contributed by atoms with van der Waals surface area (Å²) in [6.45, 7) is 5.69. The van der Waals surface area contributed by atoms with Crippen molar-refractivity contribution in [1.82, 2.24) is 15.0 Å². The lowest BCUT2D eigenvalue weighted by Gasteiger charge is -2.02. The van der Waals surface area contributed by atoms with Crippen molar-refractivity contribution in [3.63, 3.8) is 0 Å². The minimum atomic E-state index is -1.13. The van der Waals surface area contributed by atoms with Gasteiger partial charge in [0.05, 0.1) is 11.4 Å². The highest BCUT2D eigenvalue weighted by Crippen LogP contribution is 2.32. The number of nitrogens with one attached hydrogen (secondary N) is 1. The summed E-state index contributed by atoms with van der Waals surface area (Å²) in [5.74, 6) is 0.354. The third kappa shape index (κ3) is 4.40. The molecule has 2 heterocycles. The van der Waals surface area contributed by atoms with Gasteiger partial charge in [0.1, 0.15) is 11.6 Å². The van der Waals surface area contributed by atoms with Gasteiger partial charge in [-0.3, -0.25) is 9.19 Å². The minimum absolute atomic E-state index is 0.298. The number of imidazole rings is 1. The van der Waals surface area contributed by atoms with Crippen LogP contribution in [0.25, 0.3) is 28.1 Å². The van der Waals surface area contributed by atoms with E-state index in [-0.39, 0.29) is 5.82 Å².